The molecule has 0 radical (unpaired) electrons. The molecule has 17 heavy (non-hydrogen) atoms. The Morgan fingerprint density at radius 1 is 1.53 bits per heavy atom. The van der Waals surface area contributed by atoms with Crippen molar-refractivity contribution in [3.05, 3.63) is 34.4 Å². The van der Waals surface area contributed by atoms with Crippen LogP contribution in [0.25, 0.3) is 0 Å². The first-order chi connectivity index (χ1) is 7.91. The van der Waals surface area contributed by atoms with Crippen LogP contribution in [0.3, 0.4) is 0 Å². The number of nitrogens with zero attached hydrogens (tertiary/aromatic N) is 2. The highest BCUT2D eigenvalue weighted by molar-refractivity contribution is 6.61. The zero-order valence-electron chi connectivity index (χ0n) is 9.36. The molecule has 0 aliphatic heterocycles. The fourth-order valence-electron chi connectivity index (χ4n) is 1.06. The Bertz CT molecular complexity index is 437. The van der Waals surface area contributed by atoms with Crippen LogP contribution in [-0.4, -0.2) is 42.2 Å². The number of nitro benzene ring substituents is 1. The molecule has 1 rings (SSSR count). The molecule has 1 aromatic rings. The van der Waals surface area contributed by atoms with E-state index < -0.39 is 18.1 Å². The van der Waals surface area contributed by atoms with Gasteiger partial charge in [0.2, 0.25) is 0 Å². The first kappa shape index (κ1) is 13.0. The Hall–Kier alpha value is -2.09. The van der Waals surface area contributed by atoms with Crippen LogP contribution in [-0.2, 0) is 4.65 Å². The van der Waals surface area contributed by atoms with Crippen LogP contribution in [0.1, 0.15) is 0 Å². The van der Waals surface area contributed by atoms with E-state index in [0.717, 1.165) is 11.0 Å². The molecule has 0 spiro atoms. The van der Waals surface area contributed by atoms with E-state index in [2.05, 4.69) is 4.65 Å². The summed E-state index contributed by atoms with van der Waals surface area (Å²) in [6, 6.07) is 5.26. The van der Waals surface area contributed by atoms with Gasteiger partial charge >= 0.3 is 13.2 Å². The number of rotatable bonds is 3. The maximum atomic E-state index is 11.2. The molecule has 0 aliphatic carbocycles. The fraction of sp³-hybridized carbons (Fsp3) is 0.222. The zero-order chi connectivity index (χ0) is 13.0. The topological polar surface area (TPSA) is 92.9 Å². The van der Waals surface area contributed by atoms with Crippen LogP contribution in [0, 0.1) is 10.1 Å². The van der Waals surface area contributed by atoms with E-state index in [9.17, 15) is 19.9 Å². The minimum Gasteiger partial charge on any atom is -0.489 e. The van der Waals surface area contributed by atoms with Gasteiger partial charge in [-0.2, -0.15) is 0 Å². The molecule has 7 nitrogen and oxygen atoms in total. The summed E-state index contributed by atoms with van der Waals surface area (Å²) in [5, 5.41) is 20.1. The molecule has 90 valence electrons. The molecule has 1 aromatic carbocycles. The third-order valence-corrected chi connectivity index (χ3v) is 1.94. The van der Waals surface area contributed by atoms with Gasteiger partial charge in [-0.1, -0.05) is 12.1 Å². The van der Waals surface area contributed by atoms with Gasteiger partial charge in [0.25, 0.3) is 5.69 Å². The van der Waals surface area contributed by atoms with Gasteiger partial charge in [0.1, 0.15) is 0 Å². The number of carbonyl (C=O) groups is 1. The zero-order valence-corrected chi connectivity index (χ0v) is 9.36. The van der Waals surface area contributed by atoms with Crippen molar-refractivity contribution in [3.63, 3.8) is 0 Å². The smallest absolute Gasteiger partial charge is 0.489 e. The van der Waals surface area contributed by atoms with Crippen molar-refractivity contribution in [2.45, 2.75) is 0 Å². The number of carbonyl (C=O) groups excluding carboxylic acids is 1. The lowest BCUT2D eigenvalue weighted by Crippen LogP contribution is -2.39. The van der Waals surface area contributed by atoms with Gasteiger partial charge in [0, 0.05) is 31.7 Å². The van der Waals surface area contributed by atoms with Crippen LogP contribution in [0.15, 0.2) is 24.3 Å². The molecule has 1 N–H and O–H groups in total. The third-order valence-electron chi connectivity index (χ3n) is 1.94. The number of non-ortho nitro benzene ring substituents is 1. The Morgan fingerprint density at radius 3 is 2.71 bits per heavy atom. The molecule has 0 unspecified atom stereocenters. The van der Waals surface area contributed by atoms with Crippen LogP contribution in [0.4, 0.5) is 10.5 Å². The minimum atomic E-state index is -1.52. The monoisotopic (exact) mass is 238 g/mol. The highest BCUT2D eigenvalue weighted by Crippen LogP contribution is 2.07. The summed E-state index contributed by atoms with van der Waals surface area (Å²) in [5.41, 5.74) is -0.0307. The second kappa shape index (κ2) is 5.31. The standard InChI is InChI=1S/C9H11BN2O5/c1-11(2)9(13)17-10(14)7-4-3-5-8(6-7)12(15)16/h3-6,14H,1-2H3. The summed E-state index contributed by atoms with van der Waals surface area (Å²) in [6.45, 7) is 0. The molecule has 1 amide bonds. The van der Waals surface area contributed by atoms with Crippen molar-refractivity contribution in [1.29, 1.82) is 0 Å². The summed E-state index contributed by atoms with van der Waals surface area (Å²) < 4.78 is 4.65. The van der Waals surface area contributed by atoms with Gasteiger partial charge in [0.05, 0.1) is 4.92 Å². The van der Waals surface area contributed by atoms with E-state index in [1.54, 1.807) is 0 Å². The second-order valence-corrected chi connectivity index (χ2v) is 3.48. The summed E-state index contributed by atoms with van der Waals surface area (Å²) >= 11 is 0. The van der Waals surface area contributed by atoms with Crippen molar-refractivity contribution in [1.82, 2.24) is 4.90 Å². The molecule has 0 aliphatic rings. The first-order valence-electron chi connectivity index (χ1n) is 4.72. The average molecular weight is 238 g/mol. The molecular weight excluding hydrogens is 227 g/mol. The van der Waals surface area contributed by atoms with Crippen LogP contribution in [0.5, 0.6) is 0 Å². The van der Waals surface area contributed by atoms with Crippen LogP contribution < -0.4 is 5.46 Å². The number of hydrogen-bond acceptors (Lipinski definition) is 5. The number of benzene rings is 1. The van der Waals surface area contributed by atoms with Gasteiger partial charge < -0.3 is 14.6 Å². The van der Waals surface area contributed by atoms with Crippen LogP contribution >= 0.6 is 0 Å². The lowest BCUT2D eigenvalue weighted by atomic mass is 9.79. The number of amides is 1. The van der Waals surface area contributed by atoms with Gasteiger partial charge in [-0.15, -0.1) is 0 Å². The summed E-state index contributed by atoms with van der Waals surface area (Å²) in [4.78, 5) is 22.2. The van der Waals surface area contributed by atoms with Gasteiger partial charge in [-0.25, -0.2) is 4.79 Å². The molecule has 0 fully saturated rings. The highest BCUT2D eigenvalue weighted by Gasteiger charge is 2.24. The minimum absolute atomic E-state index is 0.148. The van der Waals surface area contributed by atoms with E-state index in [0.29, 0.717) is 0 Å². The molecule has 0 bridgehead atoms. The molecule has 0 saturated heterocycles. The molecule has 0 heterocycles. The number of hydrogen-bond donors (Lipinski definition) is 1. The fourth-order valence-corrected chi connectivity index (χ4v) is 1.06. The largest absolute Gasteiger partial charge is 0.563 e. The molecule has 0 atom stereocenters. The van der Waals surface area contributed by atoms with Crippen molar-refractivity contribution in [2.75, 3.05) is 14.1 Å². The molecular formula is C9H11BN2O5. The predicted molar refractivity (Wildman–Crippen MR) is 60.9 cm³/mol. The normalized spacial score (nSPS) is 9.59. The van der Waals surface area contributed by atoms with Gasteiger partial charge in [-0.3, -0.25) is 10.1 Å². The van der Waals surface area contributed by atoms with Gasteiger partial charge in [-0.05, 0) is 0 Å². The maximum absolute atomic E-state index is 11.2. The molecule has 0 saturated carbocycles. The Balaban J connectivity index is 2.82. The van der Waals surface area contributed by atoms with Crippen molar-refractivity contribution < 1.29 is 19.4 Å². The van der Waals surface area contributed by atoms with E-state index >= 15 is 0 Å². The van der Waals surface area contributed by atoms with Gasteiger partial charge in [0.15, 0.2) is 0 Å². The Labute approximate surface area is 97.9 Å². The Morgan fingerprint density at radius 2 is 2.18 bits per heavy atom. The summed E-state index contributed by atoms with van der Waals surface area (Å²) in [5.74, 6) is 0. The maximum Gasteiger partial charge on any atom is 0.563 e. The van der Waals surface area contributed by atoms with Crippen LogP contribution in [0.2, 0.25) is 0 Å². The highest BCUT2D eigenvalue weighted by atomic mass is 16.6. The first-order valence-corrected chi connectivity index (χ1v) is 4.72. The van der Waals surface area contributed by atoms with Crippen molar-refractivity contribution in [3.8, 4) is 0 Å². The summed E-state index contributed by atoms with van der Waals surface area (Å²) in [6.07, 6.45) is -0.732. The quantitative estimate of drug-likeness (QED) is 0.453. The van der Waals surface area contributed by atoms with E-state index in [1.165, 1.54) is 32.3 Å². The SMILES string of the molecule is CN(C)C(=O)OB(O)c1cccc([N+](=O)[O-])c1. The third kappa shape index (κ3) is 3.45. The van der Waals surface area contributed by atoms with E-state index in [1.807, 2.05) is 0 Å². The lowest BCUT2D eigenvalue weighted by molar-refractivity contribution is -0.384. The second-order valence-electron chi connectivity index (χ2n) is 3.48. The summed E-state index contributed by atoms with van der Waals surface area (Å²) in [7, 11) is 1.40. The molecule has 8 heteroatoms. The predicted octanol–water partition coefficient (Wildman–Crippen LogP) is -0.0195. The average Bonchev–Trinajstić information content (AvgIpc) is 2.28. The van der Waals surface area contributed by atoms with E-state index in [-0.39, 0.29) is 11.2 Å². The van der Waals surface area contributed by atoms with Crippen molar-refractivity contribution in [2.24, 2.45) is 0 Å². The van der Waals surface area contributed by atoms with E-state index in [4.69, 9.17) is 0 Å². The number of nitro groups is 1. The Kier molecular flexibility index (Phi) is 4.05. The lowest BCUT2D eigenvalue weighted by Gasteiger charge is -2.13. The van der Waals surface area contributed by atoms with Crippen molar-refractivity contribution >= 4 is 24.4 Å². The molecule has 0 aromatic heterocycles.